The van der Waals surface area contributed by atoms with Gasteiger partial charge in [0.2, 0.25) is 5.76 Å². The summed E-state index contributed by atoms with van der Waals surface area (Å²) in [6.07, 6.45) is 3.76. The molecule has 2 aromatic heterocycles. The molecule has 5 rings (SSSR count). The third-order valence-corrected chi connectivity index (χ3v) is 7.19. The first-order chi connectivity index (χ1) is 16.9. The number of amides is 1. The Kier molecular flexibility index (Phi) is 6.53. The number of hydrogen-bond donors (Lipinski definition) is 1. The Bertz CT molecular complexity index is 1510. The molecular weight excluding hydrogens is 578 g/mol. The van der Waals surface area contributed by atoms with E-state index in [4.69, 9.17) is 9.15 Å². The van der Waals surface area contributed by atoms with E-state index >= 15 is 0 Å². The third kappa shape index (κ3) is 4.53. The summed E-state index contributed by atoms with van der Waals surface area (Å²) in [6, 6.07) is 14.3. The first-order valence-corrected chi connectivity index (χ1v) is 12.5. The summed E-state index contributed by atoms with van der Waals surface area (Å²) in [5.74, 6) is 0.189. The molecule has 35 heavy (non-hydrogen) atoms. The van der Waals surface area contributed by atoms with Crippen molar-refractivity contribution in [1.82, 2.24) is 10.4 Å². The fourth-order valence-corrected chi connectivity index (χ4v) is 5.06. The number of fused-ring (bicyclic) bond motifs is 2. The molecule has 0 fully saturated rings. The standard InChI is InChI=1S/C26H19Br2N3O4/c1-14-22-19(30-31-25(32)16-6-2-3-8-17(16)27)9-4-10-20(22)34-24(14)26(33)35-21-12-11-18(28)15-7-5-13-29-23(15)21/h2-3,5-8,11-13H,4,9-10H2,1H3,(H,31,32)/b30-19+. The van der Waals surface area contributed by atoms with E-state index in [0.717, 1.165) is 21.8 Å². The van der Waals surface area contributed by atoms with Gasteiger partial charge in [0, 0.05) is 38.1 Å². The number of carbonyl (C=O) groups excluding carboxylic acids is 2. The van der Waals surface area contributed by atoms with E-state index in [1.165, 1.54) is 0 Å². The molecule has 0 saturated heterocycles. The van der Waals surface area contributed by atoms with Gasteiger partial charge in [0.25, 0.3) is 5.91 Å². The van der Waals surface area contributed by atoms with Crippen LogP contribution < -0.4 is 10.2 Å². The number of furan rings is 1. The summed E-state index contributed by atoms with van der Waals surface area (Å²) >= 11 is 6.88. The van der Waals surface area contributed by atoms with Crippen molar-refractivity contribution in [2.45, 2.75) is 26.2 Å². The lowest BCUT2D eigenvalue weighted by Gasteiger charge is -2.13. The number of esters is 1. The first-order valence-electron chi connectivity index (χ1n) is 10.9. The van der Waals surface area contributed by atoms with Gasteiger partial charge in [0.05, 0.1) is 11.3 Å². The Morgan fingerprint density at radius 3 is 2.71 bits per heavy atom. The van der Waals surface area contributed by atoms with Crippen molar-refractivity contribution in [2.24, 2.45) is 5.10 Å². The van der Waals surface area contributed by atoms with Gasteiger partial charge in [-0.3, -0.25) is 9.78 Å². The SMILES string of the molecule is Cc1c(C(=O)Oc2ccc(Br)c3cccnc23)oc2c1/C(=N/NC(=O)c1ccccc1Br)CCC2. The summed E-state index contributed by atoms with van der Waals surface area (Å²) in [5, 5.41) is 5.22. The number of aryl methyl sites for hydroxylation is 1. The fourth-order valence-electron chi connectivity index (χ4n) is 4.14. The van der Waals surface area contributed by atoms with Gasteiger partial charge in [-0.25, -0.2) is 10.2 Å². The van der Waals surface area contributed by atoms with Crippen LogP contribution in [0.5, 0.6) is 5.75 Å². The van der Waals surface area contributed by atoms with Crippen LogP contribution in [0.25, 0.3) is 10.9 Å². The van der Waals surface area contributed by atoms with Crippen LogP contribution in [-0.4, -0.2) is 22.6 Å². The number of rotatable bonds is 4. The minimum absolute atomic E-state index is 0.119. The topological polar surface area (TPSA) is 93.8 Å². The largest absolute Gasteiger partial charge is 0.453 e. The Morgan fingerprint density at radius 1 is 1.06 bits per heavy atom. The third-order valence-electron chi connectivity index (χ3n) is 5.80. The van der Waals surface area contributed by atoms with Crippen molar-refractivity contribution < 1.29 is 18.7 Å². The molecule has 0 radical (unpaired) electrons. The number of aromatic nitrogens is 1. The molecule has 1 amide bonds. The average molecular weight is 597 g/mol. The fraction of sp³-hybridized carbons (Fsp3) is 0.154. The minimum atomic E-state index is -0.609. The van der Waals surface area contributed by atoms with Gasteiger partial charge in [0.15, 0.2) is 5.75 Å². The van der Waals surface area contributed by atoms with Crippen LogP contribution in [0.1, 0.15) is 50.6 Å². The average Bonchev–Trinajstić information content (AvgIpc) is 3.22. The van der Waals surface area contributed by atoms with Gasteiger partial charge >= 0.3 is 5.97 Å². The van der Waals surface area contributed by atoms with Crippen LogP contribution in [0.2, 0.25) is 0 Å². The van der Waals surface area contributed by atoms with Gasteiger partial charge in [-0.05, 0) is 66.0 Å². The van der Waals surface area contributed by atoms with Crippen molar-refractivity contribution in [3.8, 4) is 5.75 Å². The zero-order chi connectivity index (χ0) is 24.5. The molecule has 0 atom stereocenters. The van der Waals surface area contributed by atoms with E-state index < -0.39 is 5.97 Å². The predicted molar refractivity (Wildman–Crippen MR) is 139 cm³/mol. The molecule has 4 aromatic rings. The Morgan fingerprint density at radius 2 is 1.89 bits per heavy atom. The summed E-state index contributed by atoms with van der Waals surface area (Å²) in [6.45, 7) is 1.80. The number of halogens is 2. The van der Waals surface area contributed by atoms with E-state index in [1.807, 2.05) is 24.3 Å². The van der Waals surface area contributed by atoms with Crippen LogP contribution in [0.4, 0.5) is 0 Å². The quantitative estimate of drug-likeness (QED) is 0.168. The molecule has 0 unspecified atom stereocenters. The summed E-state index contributed by atoms with van der Waals surface area (Å²) in [7, 11) is 0. The van der Waals surface area contributed by atoms with E-state index in [2.05, 4.69) is 47.4 Å². The number of benzene rings is 2. The van der Waals surface area contributed by atoms with Crippen molar-refractivity contribution in [2.75, 3.05) is 0 Å². The molecular formula is C26H19Br2N3O4. The Balaban J connectivity index is 1.42. The van der Waals surface area contributed by atoms with Crippen LogP contribution in [0, 0.1) is 6.92 Å². The normalized spacial score (nSPS) is 14.1. The van der Waals surface area contributed by atoms with Gasteiger partial charge < -0.3 is 9.15 Å². The molecule has 0 saturated carbocycles. The van der Waals surface area contributed by atoms with Crippen molar-refractivity contribution >= 4 is 60.4 Å². The van der Waals surface area contributed by atoms with Crippen LogP contribution in [-0.2, 0) is 6.42 Å². The van der Waals surface area contributed by atoms with Crippen LogP contribution in [0.15, 0.2) is 73.2 Å². The Labute approximate surface area is 217 Å². The first kappa shape index (κ1) is 23.4. The van der Waals surface area contributed by atoms with Crippen molar-refractivity contribution in [3.63, 3.8) is 0 Å². The number of pyridine rings is 1. The lowest BCUT2D eigenvalue weighted by molar-refractivity contribution is 0.0700. The molecule has 0 spiro atoms. The van der Waals surface area contributed by atoms with E-state index in [9.17, 15) is 9.59 Å². The number of carbonyl (C=O) groups is 2. The molecule has 1 aliphatic rings. The molecule has 176 valence electrons. The molecule has 0 bridgehead atoms. The highest BCUT2D eigenvalue weighted by Crippen LogP contribution is 2.33. The molecule has 0 aliphatic heterocycles. The highest BCUT2D eigenvalue weighted by Gasteiger charge is 2.29. The van der Waals surface area contributed by atoms with Gasteiger partial charge in [-0.1, -0.05) is 34.1 Å². The Hall–Kier alpha value is -3.30. The molecule has 2 heterocycles. The van der Waals surface area contributed by atoms with Crippen LogP contribution in [0.3, 0.4) is 0 Å². The van der Waals surface area contributed by atoms with E-state index in [-0.39, 0.29) is 11.7 Å². The van der Waals surface area contributed by atoms with Gasteiger partial charge in [0.1, 0.15) is 11.3 Å². The summed E-state index contributed by atoms with van der Waals surface area (Å²) in [5.41, 5.74) is 5.73. The number of ether oxygens (including phenoxy) is 1. The van der Waals surface area contributed by atoms with E-state index in [1.54, 1.807) is 37.4 Å². The lowest BCUT2D eigenvalue weighted by atomic mass is 9.93. The van der Waals surface area contributed by atoms with Gasteiger partial charge in [-0.15, -0.1) is 0 Å². The molecule has 7 nitrogen and oxygen atoms in total. The second kappa shape index (κ2) is 9.75. The second-order valence-electron chi connectivity index (χ2n) is 8.02. The van der Waals surface area contributed by atoms with Crippen molar-refractivity contribution in [1.29, 1.82) is 0 Å². The minimum Gasteiger partial charge on any atom is -0.453 e. The summed E-state index contributed by atoms with van der Waals surface area (Å²) < 4.78 is 13.2. The molecule has 1 aliphatic carbocycles. The predicted octanol–water partition coefficient (Wildman–Crippen LogP) is 6.35. The highest BCUT2D eigenvalue weighted by atomic mass is 79.9. The zero-order valence-electron chi connectivity index (χ0n) is 18.6. The van der Waals surface area contributed by atoms with Crippen LogP contribution >= 0.6 is 31.9 Å². The number of nitrogens with zero attached hydrogens (tertiary/aromatic N) is 2. The number of hydrogen-bond acceptors (Lipinski definition) is 6. The van der Waals surface area contributed by atoms with E-state index in [0.29, 0.717) is 51.2 Å². The lowest BCUT2D eigenvalue weighted by Crippen LogP contribution is -2.22. The smallest absolute Gasteiger partial charge is 0.380 e. The molecule has 1 N–H and O–H groups in total. The maximum Gasteiger partial charge on any atom is 0.380 e. The monoisotopic (exact) mass is 595 g/mol. The maximum atomic E-state index is 13.1. The zero-order valence-corrected chi connectivity index (χ0v) is 21.8. The molecule has 2 aromatic carbocycles. The summed E-state index contributed by atoms with van der Waals surface area (Å²) in [4.78, 5) is 30.1. The molecule has 9 heteroatoms. The second-order valence-corrected chi connectivity index (χ2v) is 9.73. The number of hydrazone groups is 1. The number of nitrogens with one attached hydrogen (secondary N) is 1. The van der Waals surface area contributed by atoms with Gasteiger partial charge in [-0.2, -0.15) is 5.10 Å². The maximum absolute atomic E-state index is 13.1. The highest BCUT2D eigenvalue weighted by molar-refractivity contribution is 9.11. The van der Waals surface area contributed by atoms with Crippen molar-refractivity contribution in [3.05, 3.63) is 91.9 Å².